The van der Waals surface area contributed by atoms with Gasteiger partial charge in [-0.05, 0) is 67.9 Å². The van der Waals surface area contributed by atoms with E-state index in [1.54, 1.807) is 31.4 Å². The number of carbonyl (C=O) groups excluding carboxylic acids is 1. The van der Waals surface area contributed by atoms with Crippen LogP contribution in [0.25, 0.3) is 0 Å². The Labute approximate surface area is 135 Å². The summed E-state index contributed by atoms with van der Waals surface area (Å²) in [5, 5.41) is 4.13. The second-order valence-corrected chi connectivity index (χ2v) is 4.82. The second kappa shape index (κ2) is 7.98. The van der Waals surface area contributed by atoms with Crippen molar-refractivity contribution in [1.29, 1.82) is 0 Å². The molecule has 0 aromatic heterocycles. The molecule has 1 N–H and O–H groups in total. The van der Waals surface area contributed by atoms with Gasteiger partial charge in [0.15, 0.2) is 0 Å². The Morgan fingerprint density at radius 3 is 2.13 bits per heavy atom. The van der Waals surface area contributed by atoms with E-state index in [-0.39, 0.29) is 5.91 Å². The first-order valence-electron chi connectivity index (χ1n) is 7.36. The van der Waals surface area contributed by atoms with E-state index in [1.165, 1.54) is 0 Å². The van der Waals surface area contributed by atoms with E-state index in [4.69, 9.17) is 9.47 Å². The lowest BCUT2D eigenvalue weighted by molar-refractivity contribution is 0.0955. The van der Waals surface area contributed by atoms with Crippen LogP contribution in [0.4, 0.5) is 0 Å². The summed E-state index contributed by atoms with van der Waals surface area (Å²) in [5.41, 5.74) is 4.71. The summed E-state index contributed by atoms with van der Waals surface area (Å²) in [5.74, 6) is 1.25. The van der Waals surface area contributed by atoms with E-state index in [9.17, 15) is 4.79 Å². The van der Waals surface area contributed by atoms with Crippen molar-refractivity contribution < 1.29 is 14.3 Å². The van der Waals surface area contributed by atoms with E-state index >= 15 is 0 Å². The van der Waals surface area contributed by atoms with Crippen molar-refractivity contribution in [2.75, 3.05) is 13.7 Å². The minimum absolute atomic E-state index is 0.266. The first-order chi connectivity index (χ1) is 11.1. The van der Waals surface area contributed by atoms with Gasteiger partial charge in [0, 0.05) is 5.56 Å². The predicted octanol–water partition coefficient (Wildman–Crippen LogP) is 3.25. The molecule has 0 aliphatic heterocycles. The molecule has 23 heavy (non-hydrogen) atoms. The van der Waals surface area contributed by atoms with Gasteiger partial charge >= 0.3 is 0 Å². The van der Waals surface area contributed by atoms with Crippen molar-refractivity contribution in [3.05, 3.63) is 59.7 Å². The number of ether oxygens (including phenoxy) is 2. The number of hydrogen-bond donors (Lipinski definition) is 1. The quantitative estimate of drug-likeness (QED) is 0.658. The number of hydrogen-bond acceptors (Lipinski definition) is 4. The Balaban J connectivity index is 2.01. The Morgan fingerprint density at radius 2 is 1.57 bits per heavy atom. The minimum Gasteiger partial charge on any atom is -0.497 e. The van der Waals surface area contributed by atoms with Crippen LogP contribution in [0.5, 0.6) is 11.5 Å². The monoisotopic (exact) mass is 312 g/mol. The minimum atomic E-state index is -0.266. The zero-order valence-corrected chi connectivity index (χ0v) is 13.5. The summed E-state index contributed by atoms with van der Waals surface area (Å²) in [6.07, 6.45) is 0. The van der Waals surface area contributed by atoms with Gasteiger partial charge in [0.1, 0.15) is 11.5 Å². The zero-order chi connectivity index (χ0) is 16.7. The van der Waals surface area contributed by atoms with Gasteiger partial charge in [-0.3, -0.25) is 4.79 Å². The van der Waals surface area contributed by atoms with Gasteiger partial charge in [-0.1, -0.05) is 0 Å². The largest absolute Gasteiger partial charge is 0.497 e. The van der Waals surface area contributed by atoms with Crippen molar-refractivity contribution in [1.82, 2.24) is 5.43 Å². The number of amides is 1. The molecule has 2 rings (SSSR count). The molecule has 120 valence electrons. The van der Waals surface area contributed by atoms with Crippen molar-refractivity contribution in [2.24, 2.45) is 5.10 Å². The number of carbonyl (C=O) groups is 1. The molecule has 0 bridgehead atoms. The highest BCUT2D eigenvalue weighted by atomic mass is 16.5. The molecule has 0 radical (unpaired) electrons. The maximum Gasteiger partial charge on any atom is 0.271 e. The first-order valence-corrected chi connectivity index (χ1v) is 7.36. The molecule has 0 atom stereocenters. The molecule has 2 aromatic carbocycles. The fourth-order valence-corrected chi connectivity index (χ4v) is 1.97. The van der Waals surface area contributed by atoms with Gasteiger partial charge in [-0.25, -0.2) is 5.43 Å². The average molecular weight is 312 g/mol. The Morgan fingerprint density at radius 1 is 1.00 bits per heavy atom. The molecule has 5 heteroatoms. The molecule has 0 aliphatic rings. The molecule has 0 aliphatic carbocycles. The molecule has 0 heterocycles. The molecule has 0 spiro atoms. The Hall–Kier alpha value is -2.82. The lowest BCUT2D eigenvalue weighted by Crippen LogP contribution is -2.19. The van der Waals surface area contributed by atoms with Crippen molar-refractivity contribution >= 4 is 11.6 Å². The van der Waals surface area contributed by atoms with Gasteiger partial charge in [-0.15, -0.1) is 0 Å². The highest BCUT2D eigenvalue weighted by Crippen LogP contribution is 2.13. The Bertz CT molecular complexity index is 676. The molecule has 5 nitrogen and oxygen atoms in total. The number of rotatable bonds is 6. The summed E-state index contributed by atoms with van der Waals surface area (Å²) >= 11 is 0. The summed E-state index contributed by atoms with van der Waals surface area (Å²) in [6, 6.07) is 14.4. The first kappa shape index (κ1) is 16.5. The number of benzene rings is 2. The van der Waals surface area contributed by atoms with Crippen LogP contribution < -0.4 is 14.9 Å². The van der Waals surface area contributed by atoms with Crippen LogP contribution in [0.15, 0.2) is 53.6 Å². The number of nitrogens with zero attached hydrogens (tertiary/aromatic N) is 1. The standard InChI is InChI=1S/C18H20N2O3/c1-4-23-17-11-5-14(6-12-17)13(2)19-20-18(21)15-7-9-16(22-3)10-8-15/h5-12H,4H2,1-3H3,(H,20,21)/b19-13-. The van der Waals surface area contributed by atoms with Crippen LogP contribution in [-0.2, 0) is 0 Å². The zero-order valence-electron chi connectivity index (χ0n) is 13.5. The second-order valence-electron chi connectivity index (χ2n) is 4.82. The van der Waals surface area contributed by atoms with Gasteiger partial charge in [0.2, 0.25) is 0 Å². The van der Waals surface area contributed by atoms with Crippen molar-refractivity contribution in [2.45, 2.75) is 13.8 Å². The predicted molar refractivity (Wildman–Crippen MR) is 90.3 cm³/mol. The van der Waals surface area contributed by atoms with Gasteiger partial charge < -0.3 is 9.47 Å². The van der Waals surface area contributed by atoms with Crippen LogP contribution in [-0.4, -0.2) is 25.3 Å². The summed E-state index contributed by atoms with van der Waals surface area (Å²) in [7, 11) is 1.58. The smallest absolute Gasteiger partial charge is 0.271 e. The molecule has 0 saturated heterocycles. The molecular weight excluding hydrogens is 292 g/mol. The van der Waals surface area contributed by atoms with E-state index in [2.05, 4.69) is 10.5 Å². The van der Waals surface area contributed by atoms with Gasteiger partial charge in [0.25, 0.3) is 5.91 Å². The van der Waals surface area contributed by atoms with Crippen LogP contribution in [0.2, 0.25) is 0 Å². The highest BCUT2D eigenvalue weighted by molar-refractivity contribution is 6.00. The third-order valence-corrected chi connectivity index (χ3v) is 3.26. The average Bonchev–Trinajstić information content (AvgIpc) is 2.60. The lowest BCUT2D eigenvalue weighted by Gasteiger charge is -2.06. The van der Waals surface area contributed by atoms with Crippen molar-refractivity contribution in [3.63, 3.8) is 0 Å². The molecule has 0 unspecified atom stereocenters. The normalized spacial score (nSPS) is 11.0. The van der Waals surface area contributed by atoms with Crippen molar-refractivity contribution in [3.8, 4) is 11.5 Å². The van der Waals surface area contributed by atoms with Gasteiger partial charge in [0.05, 0.1) is 19.4 Å². The summed E-state index contributed by atoms with van der Waals surface area (Å²) in [4.78, 5) is 12.0. The molecule has 0 saturated carbocycles. The summed E-state index contributed by atoms with van der Waals surface area (Å²) in [6.45, 7) is 4.41. The third-order valence-electron chi connectivity index (χ3n) is 3.26. The maximum absolute atomic E-state index is 12.0. The van der Waals surface area contributed by atoms with Crippen LogP contribution in [0, 0.1) is 0 Å². The molecule has 2 aromatic rings. The number of methoxy groups -OCH3 is 1. The number of hydrazone groups is 1. The van der Waals surface area contributed by atoms with Crippen LogP contribution >= 0.6 is 0 Å². The molecular formula is C18H20N2O3. The van der Waals surface area contributed by atoms with Gasteiger partial charge in [-0.2, -0.15) is 5.10 Å². The van der Waals surface area contributed by atoms with E-state index < -0.39 is 0 Å². The summed E-state index contributed by atoms with van der Waals surface area (Å²) < 4.78 is 10.5. The molecule has 0 fully saturated rings. The lowest BCUT2D eigenvalue weighted by atomic mass is 10.1. The fourth-order valence-electron chi connectivity index (χ4n) is 1.97. The SMILES string of the molecule is CCOc1ccc(/C(C)=N\NC(=O)c2ccc(OC)cc2)cc1. The van der Waals surface area contributed by atoms with Crippen LogP contribution in [0.3, 0.4) is 0 Å². The number of nitrogens with one attached hydrogen (secondary N) is 1. The van der Waals surface area contributed by atoms with Crippen LogP contribution in [0.1, 0.15) is 29.8 Å². The third kappa shape index (κ3) is 4.57. The Kier molecular flexibility index (Phi) is 5.74. The van der Waals surface area contributed by atoms with E-state index in [0.717, 1.165) is 17.0 Å². The van der Waals surface area contributed by atoms with E-state index in [0.29, 0.717) is 17.9 Å². The maximum atomic E-state index is 12.0. The van der Waals surface area contributed by atoms with E-state index in [1.807, 2.05) is 38.1 Å². The molecule has 1 amide bonds. The fraction of sp³-hybridized carbons (Fsp3) is 0.222. The highest BCUT2D eigenvalue weighted by Gasteiger charge is 2.05. The topological polar surface area (TPSA) is 59.9 Å².